The van der Waals surface area contributed by atoms with E-state index in [1.165, 1.54) is 0 Å². The molecule has 27 heavy (non-hydrogen) atoms. The fourth-order valence-corrected chi connectivity index (χ4v) is 4.16. The van der Waals surface area contributed by atoms with Crippen LogP contribution < -0.4 is 4.74 Å². The van der Waals surface area contributed by atoms with E-state index in [4.69, 9.17) is 9.47 Å². The van der Waals surface area contributed by atoms with Crippen LogP contribution in [0.1, 0.15) is 28.2 Å². The number of para-hydroxylation sites is 1. The van der Waals surface area contributed by atoms with E-state index in [9.17, 15) is 4.79 Å². The number of carbonyl (C=O) groups is 1. The number of hydrogen-bond acceptors (Lipinski definition) is 5. The van der Waals surface area contributed by atoms with Gasteiger partial charge in [0, 0.05) is 19.2 Å². The highest BCUT2D eigenvalue weighted by molar-refractivity contribution is 7.18. The summed E-state index contributed by atoms with van der Waals surface area (Å²) in [6.45, 7) is 1.88. The summed E-state index contributed by atoms with van der Waals surface area (Å²) in [4.78, 5) is 19.0. The summed E-state index contributed by atoms with van der Waals surface area (Å²) in [5.74, 6) is 0.732. The highest BCUT2D eigenvalue weighted by Crippen LogP contribution is 2.23. The second-order valence-corrected chi connectivity index (χ2v) is 7.82. The standard InChI is InChI=1S/C21H22N2O3S/c1-23(13-20-22-18-6-2-3-7-19(18)27-20)21(24)15-8-10-16(11-9-15)26-14-17-5-4-12-25-17/h2-3,6-11,17H,4-5,12-14H2,1H3. The minimum atomic E-state index is -0.0278. The number of benzene rings is 2. The first kappa shape index (κ1) is 17.9. The third-order valence-electron chi connectivity index (χ3n) is 4.62. The molecule has 3 aromatic rings. The van der Waals surface area contributed by atoms with Crippen molar-refractivity contribution in [2.24, 2.45) is 0 Å². The molecule has 0 bridgehead atoms. The molecule has 0 spiro atoms. The van der Waals surface area contributed by atoms with Crippen LogP contribution in [0, 0.1) is 0 Å². The SMILES string of the molecule is CN(Cc1nc2ccccc2s1)C(=O)c1ccc(OCC2CCCO2)cc1. The predicted molar refractivity (Wildman–Crippen MR) is 106 cm³/mol. The lowest BCUT2D eigenvalue weighted by molar-refractivity contribution is 0.0679. The molecule has 6 heteroatoms. The van der Waals surface area contributed by atoms with Gasteiger partial charge in [0.15, 0.2) is 0 Å². The van der Waals surface area contributed by atoms with Gasteiger partial charge in [-0.3, -0.25) is 4.79 Å². The number of hydrogen-bond donors (Lipinski definition) is 0. The lowest BCUT2D eigenvalue weighted by atomic mass is 10.2. The van der Waals surface area contributed by atoms with E-state index in [0.29, 0.717) is 18.7 Å². The number of fused-ring (bicyclic) bond motifs is 1. The van der Waals surface area contributed by atoms with E-state index in [2.05, 4.69) is 4.98 Å². The van der Waals surface area contributed by atoms with Gasteiger partial charge in [0.1, 0.15) is 17.4 Å². The zero-order valence-corrected chi connectivity index (χ0v) is 16.1. The Kier molecular flexibility index (Phi) is 5.36. The number of nitrogens with zero attached hydrogens (tertiary/aromatic N) is 2. The molecular formula is C21H22N2O3S. The molecule has 1 saturated heterocycles. The fraction of sp³-hybridized carbons (Fsp3) is 0.333. The maximum atomic E-state index is 12.7. The average molecular weight is 382 g/mol. The second kappa shape index (κ2) is 8.06. The van der Waals surface area contributed by atoms with Crippen molar-refractivity contribution < 1.29 is 14.3 Å². The van der Waals surface area contributed by atoms with Crippen LogP contribution in [0.25, 0.3) is 10.2 Å². The highest BCUT2D eigenvalue weighted by Gasteiger charge is 2.17. The molecule has 5 nitrogen and oxygen atoms in total. The third-order valence-corrected chi connectivity index (χ3v) is 5.64. The summed E-state index contributed by atoms with van der Waals surface area (Å²) in [6, 6.07) is 15.3. The topological polar surface area (TPSA) is 51.7 Å². The number of ether oxygens (including phenoxy) is 2. The van der Waals surface area contributed by atoms with E-state index < -0.39 is 0 Å². The molecule has 0 radical (unpaired) electrons. The molecule has 1 unspecified atom stereocenters. The van der Waals surface area contributed by atoms with Gasteiger partial charge in [-0.25, -0.2) is 4.98 Å². The van der Waals surface area contributed by atoms with Crippen LogP contribution in [0.3, 0.4) is 0 Å². The van der Waals surface area contributed by atoms with Crippen LogP contribution in [-0.2, 0) is 11.3 Å². The average Bonchev–Trinajstić information content (AvgIpc) is 3.35. The van der Waals surface area contributed by atoms with Crippen LogP contribution in [0.2, 0.25) is 0 Å². The molecule has 140 valence electrons. The number of rotatable bonds is 6. The highest BCUT2D eigenvalue weighted by atomic mass is 32.1. The van der Waals surface area contributed by atoms with Crippen LogP contribution in [0.5, 0.6) is 5.75 Å². The molecule has 0 saturated carbocycles. The smallest absolute Gasteiger partial charge is 0.253 e. The molecule has 0 N–H and O–H groups in total. The molecule has 1 atom stereocenters. The van der Waals surface area contributed by atoms with Crippen LogP contribution in [0.4, 0.5) is 0 Å². The zero-order valence-electron chi connectivity index (χ0n) is 15.3. The van der Waals surface area contributed by atoms with Crippen molar-refractivity contribution in [1.29, 1.82) is 0 Å². The van der Waals surface area contributed by atoms with E-state index >= 15 is 0 Å². The van der Waals surface area contributed by atoms with Gasteiger partial charge in [0.25, 0.3) is 5.91 Å². The third kappa shape index (κ3) is 4.28. The summed E-state index contributed by atoms with van der Waals surface area (Å²) in [7, 11) is 1.80. The Labute approximate surface area is 162 Å². The van der Waals surface area contributed by atoms with Crippen molar-refractivity contribution in [2.45, 2.75) is 25.5 Å². The molecule has 4 rings (SSSR count). The van der Waals surface area contributed by atoms with E-state index in [1.54, 1.807) is 23.3 Å². The van der Waals surface area contributed by atoms with Crippen molar-refractivity contribution in [3.05, 3.63) is 59.1 Å². The maximum absolute atomic E-state index is 12.7. The largest absolute Gasteiger partial charge is 0.491 e. The Balaban J connectivity index is 1.36. The molecule has 1 aliphatic heterocycles. The Bertz CT molecular complexity index is 884. The first-order valence-electron chi connectivity index (χ1n) is 9.13. The molecular weight excluding hydrogens is 360 g/mol. The van der Waals surface area contributed by atoms with Crippen molar-refractivity contribution in [2.75, 3.05) is 20.3 Å². The van der Waals surface area contributed by atoms with Gasteiger partial charge < -0.3 is 14.4 Å². The normalized spacial score (nSPS) is 16.6. The number of carbonyl (C=O) groups excluding carboxylic acids is 1. The molecule has 0 aliphatic carbocycles. The Hall–Kier alpha value is -2.44. The summed E-state index contributed by atoms with van der Waals surface area (Å²) in [5.41, 5.74) is 1.62. The second-order valence-electron chi connectivity index (χ2n) is 6.71. The minimum Gasteiger partial charge on any atom is -0.491 e. The Morgan fingerprint density at radius 3 is 2.81 bits per heavy atom. The molecule has 1 aromatic heterocycles. The van der Waals surface area contributed by atoms with Gasteiger partial charge in [-0.1, -0.05) is 12.1 Å². The molecule has 1 amide bonds. The zero-order chi connectivity index (χ0) is 18.6. The van der Waals surface area contributed by atoms with Crippen LogP contribution in [0.15, 0.2) is 48.5 Å². The summed E-state index contributed by atoms with van der Waals surface area (Å²) in [5, 5.41) is 0.934. The lowest BCUT2D eigenvalue weighted by Gasteiger charge is -2.16. The van der Waals surface area contributed by atoms with Crippen molar-refractivity contribution in [3.63, 3.8) is 0 Å². The van der Waals surface area contributed by atoms with Crippen molar-refractivity contribution >= 4 is 27.5 Å². The monoisotopic (exact) mass is 382 g/mol. The van der Waals surface area contributed by atoms with E-state index in [-0.39, 0.29) is 12.0 Å². The van der Waals surface area contributed by atoms with Gasteiger partial charge in [-0.05, 0) is 49.2 Å². The number of aromatic nitrogens is 1. The molecule has 1 aliphatic rings. The maximum Gasteiger partial charge on any atom is 0.253 e. The van der Waals surface area contributed by atoms with Gasteiger partial charge in [-0.2, -0.15) is 0 Å². The molecule has 2 aromatic carbocycles. The van der Waals surface area contributed by atoms with E-state index in [1.807, 2.05) is 48.5 Å². The van der Waals surface area contributed by atoms with Gasteiger partial charge in [0.2, 0.25) is 0 Å². The summed E-state index contributed by atoms with van der Waals surface area (Å²) >= 11 is 1.62. The Morgan fingerprint density at radius 2 is 2.07 bits per heavy atom. The summed E-state index contributed by atoms with van der Waals surface area (Å²) < 4.78 is 12.5. The molecule has 1 fully saturated rings. The van der Waals surface area contributed by atoms with Crippen molar-refractivity contribution in [3.8, 4) is 5.75 Å². The van der Waals surface area contributed by atoms with Gasteiger partial charge >= 0.3 is 0 Å². The van der Waals surface area contributed by atoms with Crippen LogP contribution >= 0.6 is 11.3 Å². The minimum absolute atomic E-state index is 0.0278. The fourth-order valence-electron chi connectivity index (χ4n) is 3.14. The van der Waals surface area contributed by atoms with Gasteiger partial charge in [0.05, 0.1) is 22.9 Å². The quantitative estimate of drug-likeness (QED) is 0.643. The number of amides is 1. The number of thiazole rings is 1. The van der Waals surface area contributed by atoms with Crippen molar-refractivity contribution in [1.82, 2.24) is 9.88 Å². The van der Waals surface area contributed by atoms with E-state index in [0.717, 1.165) is 40.4 Å². The predicted octanol–water partition coefficient (Wildman–Crippen LogP) is 4.13. The first-order valence-corrected chi connectivity index (χ1v) is 9.95. The van der Waals surface area contributed by atoms with Gasteiger partial charge in [-0.15, -0.1) is 11.3 Å². The lowest BCUT2D eigenvalue weighted by Crippen LogP contribution is -2.26. The Morgan fingerprint density at radius 1 is 1.26 bits per heavy atom. The van der Waals surface area contributed by atoms with Crippen LogP contribution in [-0.4, -0.2) is 42.2 Å². The molecule has 2 heterocycles. The summed E-state index contributed by atoms with van der Waals surface area (Å²) in [6.07, 6.45) is 2.33. The first-order chi connectivity index (χ1) is 13.2.